The number of rotatable bonds is 3. The molecule has 4 heteroatoms. The van der Waals surface area contributed by atoms with Gasteiger partial charge >= 0.3 is 0 Å². The van der Waals surface area contributed by atoms with Crippen LogP contribution in [-0.4, -0.2) is 18.6 Å². The zero-order valence-corrected chi connectivity index (χ0v) is 11.6. The van der Waals surface area contributed by atoms with Crippen molar-refractivity contribution in [2.24, 2.45) is 0 Å². The average molecular weight is 280 g/mol. The van der Waals surface area contributed by atoms with Gasteiger partial charge in [0.25, 0.3) is 0 Å². The van der Waals surface area contributed by atoms with Gasteiger partial charge in [0.1, 0.15) is 0 Å². The largest absolute Gasteiger partial charge is 0.378 e. The molecule has 1 N–H and O–H groups in total. The number of nitrogens with one attached hydrogen (secondary N) is 1. The number of alkyl halides is 1. The molecule has 19 heavy (non-hydrogen) atoms. The van der Waals surface area contributed by atoms with Gasteiger partial charge in [-0.2, -0.15) is 0 Å². The second kappa shape index (κ2) is 5.51. The van der Waals surface area contributed by atoms with Crippen molar-refractivity contribution in [3.63, 3.8) is 0 Å². The van der Waals surface area contributed by atoms with Gasteiger partial charge in [0.05, 0.1) is 11.5 Å². The van der Waals surface area contributed by atoms with E-state index in [0.717, 1.165) is 43.5 Å². The number of ether oxygens (including phenoxy) is 1. The van der Waals surface area contributed by atoms with Crippen molar-refractivity contribution in [2.45, 2.75) is 43.6 Å². The summed E-state index contributed by atoms with van der Waals surface area (Å²) < 4.78 is 5.63. The minimum atomic E-state index is -0.00831. The van der Waals surface area contributed by atoms with Crippen LogP contribution < -0.4 is 5.32 Å². The highest BCUT2D eigenvalue weighted by molar-refractivity contribution is 6.20. The van der Waals surface area contributed by atoms with Gasteiger partial charge in [-0.05, 0) is 42.9 Å². The minimum Gasteiger partial charge on any atom is -0.378 e. The van der Waals surface area contributed by atoms with Crippen molar-refractivity contribution < 1.29 is 9.53 Å². The standard InChI is InChI=1S/C15H18ClNO2/c16-13(9-12-2-1-7-19-12)10-3-5-14-11(8-10)4-6-15(18)17-14/h3,5,8,12-13H,1-2,4,6-7,9H2,(H,17,18). The summed E-state index contributed by atoms with van der Waals surface area (Å²) in [6, 6.07) is 6.10. The fourth-order valence-electron chi connectivity index (χ4n) is 2.80. The summed E-state index contributed by atoms with van der Waals surface area (Å²) in [7, 11) is 0. The Balaban J connectivity index is 1.72. The molecule has 3 rings (SSSR count). The maximum absolute atomic E-state index is 11.3. The smallest absolute Gasteiger partial charge is 0.224 e. The molecule has 2 heterocycles. The Morgan fingerprint density at radius 1 is 1.42 bits per heavy atom. The van der Waals surface area contributed by atoms with Crippen LogP contribution in [-0.2, 0) is 16.0 Å². The van der Waals surface area contributed by atoms with E-state index in [9.17, 15) is 4.79 Å². The van der Waals surface area contributed by atoms with Crippen molar-refractivity contribution in [1.29, 1.82) is 0 Å². The first-order valence-corrected chi connectivity index (χ1v) is 7.34. The van der Waals surface area contributed by atoms with Crippen LogP contribution in [0.25, 0.3) is 0 Å². The van der Waals surface area contributed by atoms with Gasteiger partial charge in [-0.15, -0.1) is 11.6 Å². The third-order valence-electron chi connectivity index (χ3n) is 3.88. The molecule has 3 nitrogen and oxygen atoms in total. The molecule has 1 aromatic rings. The first kappa shape index (κ1) is 12.9. The highest BCUT2D eigenvalue weighted by atomic mass is 35.5. The number of anilines is 1. The van der Waals surface area contributed by atoms with Crippen molar-refractivity contribution in [1.82, 2.24) is 0 Å². The van der Waals surface area contributed by atoms with Crippen LogP contribution >= 0.6 is 11.6 Å². The molecule has 2 aliphatic heterocycles. The topological polar surface area (TPSA) is 38.3 Å². The molecular weight excluding hydrogens is 262 g/mol. The number of amides is 1. The highest BCUT2D eigenvalue weighted by Gasteiger charge is 2.22. The molecule has 0 aliphatic carbocycles. The normalized spacial score (nSPS) is 23.8. The summed E-state index contributed by atoms with van der Waals surface area (Å²) in [5.41, 5.74) is 3.25. The van der Waals surface area contributed by atoms with E-state index in [1.165, 1.54) is 5.56 Å². The molecule has 0 saturated carbocycles. The Morgan fingerprint density at radius 3 is 3.11 bits per heavy atom. The fraction of sp³-hybridized carbons (Fsp3) is 0.533. The van der Waals surface area contributed by atoms with Gasteiger partial charge in [0, 0.05) is 18.7 Å². The van der Waals surface area contributed by atoms with E-state index < -0.39 is 0 Å². The minimum absolute atomic E-state index is 0.00831. The Bertz CT molecular complexity index is 483. The lowest BCUT2D eigenvalue weighted by molar-refractivity contribution is -0.116. The number of halogens is 1. The maximum Gasteiger partial charge on any atom is 0.224 e. The average Bonchev–Trinajstić information content (AvgIpc) is 2.91. The van der Waals surface area contributed by atoms with Crippen LogP contribution in [0, 0.1) is 0 Å². The summed E-state index contributed by atoms with van der Waals surface area (Å²) in [5.74, 6) is 0.0991. The number of carbonyl (C=O) groups is 1. The first-order chi connectivity index (χ1) is 9.22. The molecule has 1 aromatic carbocycles. The predicted molar refractivity (Wildman–Crippen MR) is 75.6 cm³/mol. The van der Waals surface area contributed by atoms with E-state index in [-0.39, 0.29) is 11.3 Å². The molecular formula is C15H18ClNO2. The van der Waals surface area contributed by atoms with Crippen LogP contribution in [0.2, 0.25) is 0 Å². The van der Waals surface area contributed by atoms with Crippen molar-refractivity contribution in [3.05, 3.63) is 29.3 Å². The summed E-state index contributed by atoms with van der Waals surface area (Å²) in [5, 5.41) is 2.88. The second-order valence-corrected chi connectivity index (χ2v) is 5.83. The third-order valence-corrected chi connectivity index (χ3v) is 4.31. The molecule has 2 atom stereocenters. The Morgan fingerprint density at radius 2 is 2.32 bits per heavy atom. The van der Waals surface area contributed by atoms with E-state index in [2.05, 4.69) is 11.4 Å². The third kappa shape index (κ3) is 2.93. The molecule has 0 aromatic heterocycles. The zero-order chi connectivity index (χ0) is 13.2. The number of benzene rings is 1. The molecule has 2 aliphatic rings. The van der Waals surface area contributed by atoms with E-state index in [4.69, 9.17) is 16.3 Å². The number of carbonyl (C=O) groups excluding carboxylic acids is 1. The quantitative estimate of drug-likeness (QED) is 0.861. The van der Waals surface area contributed by atoms with Gasteiger partial charge < -0.3 is 10.1 Å². The molecule has 1 fully saturated rings. The molecule has 0 radical (unpaired) electrons. The lowest BCUT2D eigenvalue weighted by atomic mass is 9.97. The lowest BCUT2D eigenvalue weighted by Gasteiger charge is -2.20. The van der Waals surface area contributed by atoms with E-state index in [0.29, 0.717) is 12.5 Å². The molecule has 1 saturated heterocycles. The highest BCUT2D eigenvalue weighted by Crippen LogP contribution is 2.33. The monoisotopic (exact) mass is 279 g/mol. The predicted octanol–water partition coefficient (Wildman–Crippen LogP) is 3.42. The van der Waals surface area contributed by atoms with Gasteiger partial charge in [0.15, 0.2) is 0 Å². The second-order valence-electron chi connectivity index (χ2n) is 5.30. The number of hydrogen-bond acceptors (Lipinski definition) is 2. The van der Waals surface area contributed by atoms with Crippen molar-refractivity contribution in [3.8, 4) is 0 Å². The number of hydrogen-bond donors (Lipinski definition) is 1. The Kier molecular flexibility index (Phi) is 3.76. The molecule has 0 bridgehead atoms. The van der Waals surface area contributed by atoms with Crippen LogP contribution in [0.15, 0.2) is 18.2 Å². The van der Waals surface area contributed by atoms with E-state index in [1.54, 1.807) is 0 Å². The van der Waals surface area contributed by atoms with Crippen LogP contribution in [0.5, 0.6) is 0 Å². The number of aryl methyl sites for hydroxylation is 1. The van der Waals surface area contributed by atoms with Crippen molar-refractivity contribution >= 4 is 23.2 Å². The molecule has 0 spiro atoms. The summed E-state index contributed by atoms with van der Waals surface area (Å²) in [6.07, 6.45) is 4.80. The molecule has 1 amide bonds. The number of fused-ring (bicyclic) bond motifs is 1. The molecule has 2 unspecified atom stereocenters. The summed E-state index contributed by atoms with van der Waals surface area (Å²) in [6.45, 7) is 0.866. The zero-order valence-electron chi connectivity index (χ0n) is 10.8. The van der Waals surface area contributed by atoms with Crippen LogP contribution in [0.1, 0.15) is 42.2 Å². The van der Waals surface area contributed by atoms with Gasteiger partial charge in [0.2, 0.25) is 5.91 Å². The fourth-order valence-corrected chi connectivity index (χ4v) is 3.13. The molecule has 102 valence electrons. The van der Waals surface area contributed by atoms with Gasteiger partial charge in [-0.1, -0.05) is 12.1 Å². The van der Waals surface area contributed by atoms with E-state index >= 15 is 0 Å². The summed E-state index contributed by atoms with van der Waals surface area (Å²) in [4.78, 5) is 11.3. The van der Waals surface area contributed by atoms with Crippen LogP contribution in [0.3, 0.4) is 0 Å². The summed E-state index contributed by atoms with van der Waals surface area (Å²) >= 11 is 6.49. The Labute approximate surface area is 118 Å². The first-order valence-electron chi connectivity index (χ1n) is 6.91. The maximum atomic E-state index is 11.3. The Hall–Kier alpha value is -1.06. The van der Waals surface area contributed by atoms with Gasteiger partial charge in [-0.3, -0.25) is 4.79 Å². The van der Waals surface area contributed by atoms with Crippen LogP contribution in [0.4, 0.5) is 5.69 Å². The van der Waals surface area contributed by atoms with Crippen molar-refractivity contribution in [2.75, 3.05) is 11.9 Å². The lowest BCUT2D eigenvalue weighted by Crippen LogP contribution is -2.19. The van der Waals surface area contributed by atoms with Gasteiger partial charge in [-0.25, -0.2) is 0 Å². The SMILES string of the molecule is O=C1CCc2cc(C(Cl)CC3CCCO3)ccc2N1. The van der Waals surface area contributed by atoms with E-state index in [1.807, 2.05) is 12.1 Å².